The van der Waals surface area contributed by atoms with Gasteiger partial charge in [-0.05, 0) is 92.2 Å². The minimum Gasteiger partial charge on any atom is -0.379 e. The lowest BCUT2D eigenvalue weighted by molar-refractivity contribution is -0.130. The van der Waals surface area contributed by atoms with Gasteiger partial charge >= 0.3 is 0 Å². The van der Waals surface area contributed by atoms with Gasteiger partial charge in [0.1, 0.15) is 6.04 Å². The summed E-state index contributed by atoms with van der Waals surface area (Å²) >= 11 is 0. The Morgan fingerprint density at radius 2 is 1.24 bits per heavy atom. The highest BCUT2D eigenvalue weighted by Gasteiger charge is 2.27. The third kappa shape index (κ3) is 21.8. The average molecular weight is 604 g/mol. The summed E-state index contributed by atoms with van der Waals surface area (Å²) in [5.74, 6) is -0.868. The van der Waals surface area contributed by atoms with E-state index in [1.54, 1.807) is 7.11 Å². The Hall–Kier alpha value is -1.83. The van der Waals surface area contributed by atoms with Crippen molar-refractivity contribution in [1.29, 1.82) is 0 Å². The second-order valence-electron chi connectivity index (χ2n) is 11.7. The second-order valence-corrected chi connectivity index (χ2v) is 11.7. The highest BCUT2D eigenvalue weighted by molar-refractivity contribution is 5.89. The van der Waals surface area contributed by atoms with Crippen molar-refractivity contribution >= 4 is 17.7 Å². The van der Waals surface area contributed by atoms with Crippen LogP contribution in [0.1, 0.15) is 106 Å². The van der Waals surface area contributed by atoms with Gasteiger partial charge in [-0.2, -0.15) is 0 Å². The van der Waals surface area contributed by atoms with Gasteiger partial charge in [-0.3, -0.25) is 14.4 Å². The molecular weight excluding hydrogens is 538 g/mol. The molecule has 250 valence electrons. The van der Waals surface area contributed by atoms with Gasteiger partial charge in [-0.1, -0.05) is 26.7 Å². The number of nitrogens with two attached hydrogens (primary N) is 4. The Labute approximate surface area is 255 Å². The van der Waals surface area contributed by atoms with E-state index in [1.807, 2.05) is 41.5 Å². The van der Waals surface area contributed by atoms with Crippen LogP contribution in [0.3, 0.4) is 0 Å². The fraction of sp³-hybridized carbons (Fsp3) is 0.900. The number of methoxy groups -OCH3 is 1. The molecule has 3 unspecified atom stereocenters. The first-order valence-electron chi connectivity index (χ1n) is 15.7. The van der Waals surface area contributed by atoms with E-state index < -0.39 is 23.7 Å². The van der Waals surface area contributed by atoms with E-state index in [1.165, 1.54) is 0 Å². The normalized spacial score (nSPS) is 13.8. The van der Waals surface area contributed by atoms with E-state index in [0.29, 0.717) is 64.8 Å². The van der Waals surface area contributed by atoms with Crippen LogP contribution >= 0.6 is 0 Å². The molecule has 42 heavy (non-hydrogen) atoms. The lowest BCUT2D eigenvalue weighted by Crippen LogP contribution is -2.53. The number of rotatable bonds is 24. The number of ether oxygens (including phenoxy) is 2. The molecular formula is C30H65N7O5. The van der Waals surface area contributed by atoms with Crippen LogP contribution < -0.4 is 38.9 Å². The van der Waals surface area contributed by atoms with Crippen molar-refractivity contribution < 1.29 is 23.9 Å². The zero-order valence-corrected chi connectivity index (χ0v) is 27.7. The first-order chi connectivity index (χ1) is 19.8. The van der Waals surface area contributed by atoms with Crippen molar-refractivity contribution in [2.24, 2.45) is 22.9 Å². The van der Waals surface area contributed by atoms with E-state index in [0.717, 1.165) is 25.7 Å². The minimum absolute atomic E-state index is 0.195. The van der Waals surface area contributed by atoms with Gasteiger partial charge in [0, 0.05) is 20.2 Å². The Bertz CT molecular complexity index is 722. The molecule has 0 radical (unpaired) electrons. The number of nitrogens with one attached hydrogen (secondary N) is 3. The summed E-state index contributed by atoms with van der Waals surface area (Å²) in [5.41, 5.74) is 22.1. The quantitative estimate of drug-likeness (QED) is 0.0794. The summed E-state index contributed by atoms with van der Waals surface area (Å²) in [6.45, 7) is 14.1. The van der Waals surface area contributed by atoms with Crippen molar-refractivity contribution in [3.8, 4) is 0 Å². The molecule has 3 atom stereocenters. The monoisotopic (exact) mass is 604 g/mol. The van der Waals surface area contributed by atoms with E-state index in [9.17, 15) is 14.4 Å². The SMILES string of the molecule is CC.COC(C)(C)CCOC(C)(C)CNC(=O)C(CCCCNC(=O)C(N)CCCCN)NC(=O)C(N)CCCCN. The van der Waals surface area contributed by atoms with Crippen molar-refractivity contribution in [1.82, 2.24) is 16.0 Å². The Balaban J connectivity index is 0. The predicted molar refractivity (Wildman–Crippen MR) is 171 cm³/mol. The maximum Gasteiger partial charge on any atom is 0.242 e. The van der Waals surface area contributed by atoms with Crippen molar-refractivity contribution in [3.63, 3.8) is 0 Å². The van der Waals surface area contributed by atoms with Crippen LogP contribution in [0.25, 0.3) is 0 Å². The number of hydrogen-bond acceptors (Lipinski definition) is 9. The third-order valence-corrected chi connectivity index (χ3v) is 6.90. The average Bonchev–Trinajstić information content (AvgIpc) is 2.95. The van der Waals surface area contributed by atoms with Gasteiger partial charge < -0.3 is 48.4 Å². The Kier molecular flexibility index (Phi) is 24.8. The zero-order chi connectivity index (χ0) is 32.6. The standard InChI is InChI=1S/C28H59N7O5.C2H6/c1-27(2,39-5)15-19-40-28(3,4)20-34-26(38)23(35-25(37)22(32)13-7-10-17-30)14-8-11-18-33-24(36)21(31)12-6-9-16-29;1-2/h21-23H,6-20,29-32H2,1-5H3,(H,33,36)(H,34,38)(H,35,37);1-2H3. The van der Waals surface area contributed by atoms with Crippen LogP contribution in [0.2, 0.25) is 0 Å². The highest BCUT2D eigenvalue weighted by Crippen LogP contribution is 2.16. The lowest BCUT2D eigenvalue weighted by Gasteiger charge is -2.30. The molecule has 0 aromatic rings. The van der Waals surface area contributed by atoms with Crippen molar-refractivity contribution in [2.45, 2.75) is 135 Å². The fourth-order valence-corrected chi connectivity index (χ4v) is 3.79. The number of carbonyl (C=O) groups excluding carboxylic acids is 3. The van der Waals surface area contributed by atoms with E-state index in [4.69, 9.17) is 32.4 Å². The van der Waals surface area contributed by atoms with Gasteiger partial charge in [0.2, 0.25) is 17.7 Å². The summed E-state index contributed by atoms with van der Waals surface area (Å²) in [6.07, 6.45) is 6.59. The Morgan fingerprint density at radius 1 is 0.714 bits per heavy atom. The van der Waals surface area contributed by atoms with Gasteiger partial charge in [0.25, 0.3) is 0 Å². The van der Waals surface area contributed by atoms with Crippen LogP contribution in [0, 0.1) is 0 Å². The molecule has 0 aromatic heterocycles. The molecule has 0 saturated carbocycles. The summed E-state index contributed by atoms with van der Waals surface area (Å²) in [5, 5.41) is 8.57. The maximum absolute atomic E-state index is 13.1. The summed E-state index contributed by atoms with van der Waals surface area (Å²) < 4.78 is 11.4. The van der Waals surface area contributed by atoms with Crippen LogP contribution in [0.4, 0.5) is 0 Å². The molecule has 0 spiro atoms. The number of unbranched alkanes of at least 4 members (excludes halogenated alkanes) is 3. The zero-order valence-electron chi connectivity index (χ0n) is 27.7. The molecule has 12 nitrogen and oxygen atoms in total. The van der Waals surface area contributed by atoms with Crippen molar-refractivity contribution in [2.75, 3.05) is 39.9 Å². The van der Waals surface area contributed by atoms with Gasteiger partial charge in [-0.15, -0.1) is 0 Å². The molecule has 0 heterocycles. The highest BCUT2D eigenvalue weighted by atomic mass is 16.5. The van der Waals surface area contributed by atoms with Crippen molar-refractivity contribution in [3.05, 3.63) is 0 Å². The third-order valence-electron chi connectivity index (χ3n) is 6.90. The predicted octanol–water partition coefficient (Wildman–Crippen LogP) is 1.42. The number of amides is 3. The molecule has 0 aliphatic heterocycles. The molecule has 0 bridgehead atoms. The molecule has 0 saturated heterocycles. The summed E-state index contributed by atoms with van der Waals surface area (Å²) in [6, 6.07) is -2.03. The smallest absolute Gasteiger partial charge is 0.242 e. The first kappa shape index (κ1) is 42.3. The number of hydrogen-bond donors (Lipinski definition) is 7. The summed E-state index contributed by atoms with van der Waals surface area (Å²) in [4.78, 5) is 38.0. The number of carbonyl (C=O) groups is 3. The molecule has 11 N–H and O–H groups in total. The largest absolute Gasteiger partial charge is 0.379 e. The second kappa shape index (κ2) is 24.6. The molecule has 0 aliphatic carbocycles. The Morgan fingerprint density at radius 3 is 1.76 bits per heavy atom. The molecule has 12 heteroatoms. The molecule has 0 rings (SSSR count). The van der Waals surface area contributed by atoms with E-state index >= 15 is 0 Å². The maximum atomic E-state index is 13.1. The topological polar surface area (TPSA) is 210 Å². The molecule has 0 aliphatic rings. The molecule has 3 amide bonds. The van der Waals surface area contributed by atoms with Gasteiger partial charge in [0.15, 0.2) is 0 Å². The molecule has 0 fully saturated rings. The van der Waals surface area contributed by atoms with Crippen LogP contribution in [-0.2, 0) is 23.9 Å². The minimum atomic E-state index is -0.759. The van der Waals surface area contributed by atoms with Gasteiger partial charge in [0.05, 0.1) is 29.9 Å². The fourth-order valence-electron chi connectivity index (χ4n) is 3.79. The summed E-state index contributed by atoms with van der Waals surface area (Å²) in [7, 11) is 1.66. The van der Waals surface area contributed by atoms with Crippen LogP contribution in [-0.4, -0.2) is 86.9 Å². The van der Waals surface area contributed by atoms with Crippen LogP contribution in [0.5, 0.6) is 0 Å². The molecule has 0 aromatic carbocycles. The van der Waals surface area contributed by atoms with Gasteiger partial charge in [-0.25, -0.2) is 0 Å². The lowest BCUT2D eigenvalue weighted by atomic mass is 10.0. The van der Waals surface area contributed by atoms with E-state index in [-0.39, 0.29) is 29.9 Å². The first-order valence-corrected chi connectivity index (χ1v) is 15.7. The van der Waals surface area contributed by atoms with E-state index in [2.05, 4.69) is 16.0 Å². The van der Waals surface area contributed by atoms with Crippen LogP contribution in [0.15, 0.2) is 0 Å².